The van der Waals surface area contributed by atoms with Crippen molar-refractivity contribution in [2.75, 3.05) is 31.6 Å². The molecule has 0 radical (unpaired) electrons. The van der Waals surface area contributed by atoms with E-state index in [0.717, 1.165) is 50.6 Å². The first-order valence-corrected chi connectivity index (χ1v) is 8.75. The van der Waals surface area contributed by atoms with Gasteiger partial charge in [0.2, 0.25) is 0 Å². The van der Waals surface area contributed by atoms with Crippen molar-refractivity contribution in [2.24, 2.45) is 4.99 Å². The number of hydrogen-bond donors (Lipinski definition) is 2. The largest absolute Gasteiger partial charge is 0.469 e. The van der Waals surface area contributed by atoms with E-state index in [1.165, 1.54) is 6.07 Å². The van der Waals surface area contributed by atoms with Gasteiger partial charge in [0.05, 0.1) is 12.0 Å². The van der Waals surface area contributed by atoms with Crippen LogP contribution in [0, 0.1) is 5.82 Å². The molecule has 1 saturated heterocycles. The van der Waals surface area contributed by atoms with Crippen LogP contribution in [0.25, 0.3) is 0 Å². The summed E-state index contributed by atoms with van der Waals surface area (Å²) in [5.41, 5.74) is 0.676. The van der Waals surface area contributed by atoms with Crippen LogP contribution in [0.3, 0.4) is 0 Å². The Morgan fingerprint density at radius 3 is 2.88 bits per heavy atom. The van der Waals surface area contributed by atoms with Gasteiger partial charge in [-0.2, -0.15) is 0 Å². The number of hydrogen-bond acceptors (Lipinski definition) is 3. The number of rotatable bonds is 5. The van der Waals surface area contributed by atoms with Gasteiger partial charge in [-0.05, 0) is 37.1 Å². The highest BCUT2D eigenvalue weighted by Gasteiger charge is 2.22. The lowest BCUT2D eigenvalue weighted by atomic mass is 10.0. The molecule has 1 atom stereocenters. The van der Waals surface area contributed by atoms with E-state index >= 15 is 0 Å². The molecule has 1 aliphatic heterocycles. The van der Waals surface area contributed by atoms with Crippen molar-refractivity contribution in [2.45, 2.75) is 25.3 Å². The summed E-state index contributed by atoms with van der Waals surface area (Å²) < 4.78 is 19.4. The lowest BCUT2D eigenvalue weighted by Gasteiger charge is -2.35. The quantitative estimate of drug-likeness (QED) is 0.398. The maximum absolute atomic E-state index is 14.0. The van der Waals surface area contributed by atoms with Crippen LogP contribution in [0.4, 0.5) is 10.1 Å². The Kier molecular flexibility index (Phi) is 8.21. The van der Waals surface area contributed by atoms with Crippen LogP contribution < -0.4 is 15.5 Å². The topological polar surface area (TPSA) is 52.8 Å². The van der Waals surface area contributed by atoms with Crippen molar-refractivity contribution < 1.29 is 8.81 Å². The van der Waals surface area contributed by atoms with Crippen LogP contribution in [-0.4, -0.2) is 38.7 Å². The molecule has 1 aromatic carbocycles. The molecule has 7 heteroatoms. The van der Waals surface area contributed by atoms with Gasteiger partial charge >= 0.3 is 0 Å². The zero-order valence-corrected chi connectivity index (χ0v) is 17.3. The average Bonchev–Trinajstić information content (AvgIpc) is 3.15. The Bertz CT molecular complexity index is 693. The number of halogens is 2. The SMILES string of the molecule is CN=C(NCCc1ccco1)NC1CCCN(c2ccccc2F)C1.I. The third-order valence-corrected chi connectivity index (χ3v) is 4.42. The minimum absolute atomic E-state index is 0. The maximum atomic E-state index is 14.0. The number of furan rings is 1. The van der Waals surface area contributed by atoms with Gasteiger partial charge in [-0.15, -0.1) is 24.0 Å². The van der Waals surface area contributed by atoms with Gasteiger partial charge in [0.1, 0.15) is 11.6 Å². The first kappa shape index (κ1) is 20.5. The second kappa shape index (κ2) is 10.4. The third-order valence-electron chi connectivity index (χ3n) is 4.42. The first-order valence-electron chi connectivity index (χ1n) is 8.75. The first-order chi connectivity index (χ1) is 12.3. The Morgan fingerprint density at radius 2 is 2.15 bits per heavy atom. The monoisotopic (exact) mass is 472 g/mol. The van der Waals surface area contributed by atoms with Crippen LogP contribution in [0.2, 0.25) is 0 Å². The number of aliphatic imine (C=N–C) groups is 1. The Balaban J connectivity index is 0.00000243. The van der Waals surface area contributed by atoms with E-state index in [0.29, 0.717) is 5.69 Å². The van der Waals surface area contributed by atoms with Crippen molar-refractivity contribution in [3.05, 3.63) is 54.2 Å². The van der Waals surface area contributed by atoms with E-state index in [9.17, 15) is 4.39 Å². The molecule has 0 aliphatic carbocycles. The Morgan fingerprint density at radius 1 is 1.31 bits per heavy atom. The van der Waals surface area contributed by atoms with Gasteiger partial charge in [0, 0.05) is 39.1 Å². The number of piperidine rings is 1. The molecule has 1 aromatic heterocycles. The second-order valence-electron chi connectivity index (χ2n) is 6.21. The lowest BCUT2D eigenvalue weighted by Crippen LogP contribution is -2.51. The molecule has 0 amide bonds. The summed E-state index contributed by atoms with van der Waals surface area (Å²) in [6, 6.07) is 11.1. The molecule has 3 rings (SSSR count). The summed E-state index contributed by atoms with van der Waals surface area (Å²) in [5, 5.41) is 6.76. The maximum Gasteiger partial charge on any atom is 0.191 e. The summed E-state index contributed by atoms with van der Waals surface area (Å²) in [7, 11) is 1.76. The number of guanidine groups is 1. The molecule has 5 nitrogen and oxygen atoms in total. The number of benzene rings is 1. The van der Waals surface area contributed by atoms with Crippen LogP contribution >= 0.6 is 24.0 Å². The molecule has 1 unspecified atom stereocenters. The highest BCUT2D eigenvalue weighted by Crippen LogP contribution is 2.22. The normalized spacial score (nSPS) is 17.5. The van der Waals surface area contributed by atoms with Gasteiger partial charge in [-0.1, -0.05) is 12.1 Å². The number of nitrogens with zero attached hydrogens (tertiary/aromatic N) is 2. The number of anilines is 1. The van der Waals surface area contributed by atoms with E-state index in [4.69, 9.17) is 4.42 Å². The molecule has 26 heavy (non-hydrogen) atoms. The molecule has 0 spiro atoms. The minimum Gasteiger partial charge on any atom is -0.469 e. The van der Waals surface area contributed by atoms with Gasteiger partial charge in [-0.25, -0.2) is 4.39 Å². The van der Waals surface area contributed by atoms with Gasteiger partial charge in [-0.3, -0.25) is 4.99 Å². The van der Waals surface area contributed by atoms with Crippen molar-refractivity contribution in [1.82, 2.24) is 10.6 Å². The fourth-order valence-electron chi connectivity index (χ4n) is 3.17. The molecule has 142 valence electrons. The number of nitrogens with one attached hydrogen (secondary N) is 2. The number of para-hydroxylation sites is 1. The predicted octanol–water partition coefficient (Wildman–Crippen LogP) is 3.41. The van der Waals surface area contributed by atoms with Crippen molar-refractivity contribution >= 4 is 35.6 Å². The Hall–Kier alpha value is -1.77. The smallest absolute Gasteiger partial charge is 0.191 e. The summed E-state index contributed by atoms with van der Waals surface area (Å²) in [5.74, 6) is 1.56. The van der Waals surface area contributed by atoms with Crippen molar-refractivity contribution in [3.8, 4) is 0 Å². The van der Waals surface area contributed by atoms with Gasteiger partial charge in [0.15, 0.2) is 5.96 Å². The van der Waals surface area contributed by atoms with E-state index in [-0.39, 0.29) is 35.8 Å². The van der Waals surface area contributed by atoms with E-state index in [1.807, 2.05) is 24.3 Å². The molecule has 1 aliphatic rings. The molecule has 0 bridgehead atoms. The van der Waals surface area contributed by atoms with Crippen LogP contribution in [0.1, 0.15) is 18.6 Å². The highest BCUT2D eigenvalue weighted by molar-refractivity contribution is 14.0. The zero-order chi connectivity index (χ0) is 17.5. The fourth-order valence-corrected chi connectivity index (χ4v) is 3.17. The van der Waals surface area contributed by atoms with Crippen molar-refractivity contribution in [1.29, 1.82) is 0 Å². The minimum atomic E-state index is -0.163. The standard InChI is InChI=1S/C19H25FN4O.HI/c1-21-19(22-11-10-16-7-5-13-25-16)23-15-6-4-12-24(14-15)18-9-3-2-8-17(18)20;/h2-3,5,7-9,13,15H,4,6,10-12,14H2,1H3,(H2,21,22,23);1H. The van der Waals surface area contributed by atoms with Crippen LogP contribution in [0.5, 0.6) is 0 Å². The van der Waals surface area contributed by atoms with E-state index < -0.39 is 0 Å². The van der Waals surface area contributed by atoms with E-state index in [1.54, 1.807) is 19.4 Å². The summed E-state index contributed by atoms with van der Waals surface area (Å²) in [4.78, 5) is 6.39. The summed E-state index contributed by atoms with van der Waals surface area (Å²) in [6.07, 6.45) is 4.56. The molecule has 2 aromatic rings. The van der Waals surface area contributed by atoms with Gasteiger partial charge < -0.3 is 20.0 Å². The molecule has 1 fully saturated rings. The molecule has 2 N–H and O–H groups in total. The molecule has 0 saturated carbocycles. The molecule has 2 heterocycles. The average molecular weight is 472 g/mol. The lowest BCUT2D eigenvalue weighted by molar-refractivity contribution is 0.461. The highest BCUT2D eigenvalue weighted by atomic mass is 127. The van der Waals surface area contributed by atoms with Crippen molar-refractivity contribution in [3.63, 3.8) is 0 Å². The Labute approximate surface area is 171 Å². The van der Waals surface area contributed by atoms with Crippen LogP contribution in [0.15, 0.2) is 52.1 Å². The summed E-state index contributed by atoms with van der Waals surface area (Å²) >= 11 is 0. The zero-order valence-electron chi connectivity index (χ0n) is 15.0. The van der Waals surface area contributed by atoms with E-state index in [2.05, 4.69) is 20.5 Å². The fraction of sp³-hybridized carbons (Fsp3) is 0.421. The third kappa shape index (κ3) is 5.62. The van der Waals surface area contributed by atoms with Crippen LogP contribution in [-0.2, 0) is 6.42 Å². The molecular weight excluding hydrogens is 446 g/mol. The second-order valence-corrected chi connectivity index (χ2v) is 6.21. The predicted molar refractivity (Wildman–Crippen MR) is 114 cm³/mol. The molecular formula is C19H26FIN4O. The van der Waals surface area contributed by atoms with Gasteiger partial charge in [0.25, 0.3) is 0 Å². The summed E-state index contributed by atoms with van der Waals surface area (Å²) in [6.45, 7) is 2.39.